The molecule has 0 bridgehead atoms. The standard InChI is InChI=1S/C10H7Cl2N3S/c11-9-5-6-13-10(15-9)14-7-1-3-8(16-12)4-2-7/h1-6H,(H,13,14,15). The van der Waals surface area contributed by atoms with Gasteiger partial charge in [0.1, 0.15) is 5.15 Å². The number of hydrogen-bond donors (Lipinski definition) is 1. The predicted molar refractivity (Wildman–Crippen MR) is 68.5 cm³/mol. The molecule has 0 unspecified atom stereocenters. The molecule has 0 saturated carbocycles. The summed E-state index contributed by atoms with van der Waals surface area (Å²) in [7, 11) is 6.79. The fraction of sp³-hybridized carbons (Fsp3) is 0. The molecule has 2 aromatic rings. The zero-order valence-electron chi connectivity index (χ0n) is 8.02. The third-order valence-corrected chi connectivity index (χ3v) is 3.02. The lowest BCUT2D eigenvalue weighted by atomic mass is 10.3. The second-order valence-corrected chi connectivity index (χ2v) is 4.41. The number of anilines is 2. The topological polar surface area (TPSA) is 37.8 Å². The summed E-state index contributed by atoms with van der Waals surface area (Å²) in [5, 5.41) is 3.44. The molecule has 0 atom stereocenters. The molecule has 0 aliphatic carbocycles. The first kappa shape index (κ1) is 11.5. The van der Waals surface area contributed by atoms with Crippen LogP contribution in [0.3, 0.4) is 0 Å². The van der Waals surface area contributed by atoms with Crippen molar-refractivity contribution < 1.29 is 0 Å². The van der Waals surface area contributed by atoms with Crippen LogP contribution in [0, 0.1) is 0 Å². The number of nitrogens with zero attached hydrogens (tertiary/aromatic N) is 2. The van der Waals surface area contributed by atoms with Crippen LogP contribution in [0.25, 0.3) is 0 Å². The van der Waals surface area contributed by atoms with Crippen molar-refractivity contribution in [1.82, 2.24) is 9.97 Å². The van der Waals surface area contributed by atoms with Crippen LogP contribution in [0.5, 0.6) is 0 Å². The minimum absolute atomic E-state index is 0.408. The summed E-state index contributed by atoms with van der Waals surface area (Å²) in [6, 6.07) is 9.24. The quantitative estimate of drug-likeness (QED) is 0.853. The van der Waals surface area contributed by atoms with Gasteiger partial charge < -0.3 is 5.32 Å². The SMILES string of the molecule is ClSc1ccc(Nc2nccc(Cl)n2)cc1. The molecule has 1 N–H and O–H groups in total. The lowest BCUT2D eigenvalue weighted by Crippen LogP contribution is -1.95. The molecule has 0 radical (unpaired) electrons. The molecule has 0 saturated heterocycles. The molecule has 0 fully saturated rings. The number of benzene rings is 1. The maximum atomic E-state index is 5.75. The van der Waals surface area contributed by atoms with E-state index in [4.69, 9.17) is 22.3 Å². The van der Waals surface area contributed by atoms with Gasteiger partial charge in [-0.2, -0.15) is 0 Å². The maximum Gasteiger partial charge on any atom is 0.228 e. The minimum Gasteiger partial charge on any atom is -0.324 e. The van der Waals surface area contributed by atoms with Gasteiger partial charge in [0.15, 0.2) is 0 Å². The Balaban J connectivity index is 2.14. The second kappa shape index (κ2) is 5.39. The molecule has 0 amide bonds. The van der Waals surface area contributed by atoms with Crippen molar-refractivity contribution >= 4 is 44.9 Å². The monoisotopic (exact) mass is 271 g/mol. The van der Waals surface area contributed by atoms with Crippen molar-refractivity contribution in [3.05, 3.63) is 41.7 Å². The molecule has 0 aliphatic rings. The summed E-state index contributed by atoms with van der Waals surface area (Å²) in [6.07, 6.45) is 1.60. The molecule has 1 aromatic heterocycles. The molecule has 0 spiro atoms. The Morgan fingerprint density at radius 2 is 1.88 bits per heavy atom. The first-order valence-corrected chi connectivity index (χ1v) is 6.44. The molecule has 3 nitrogen and oxygen atoms in total. The zero-order valence-corrected chi connectivity index (χ0v) is 10.4. The van der Waals surface area contributed by atoms with Gasteiger partial charge in [-0.05, 0) is 52.0 Å². The van der Waals surface area contributed by atoms with Gasteiger partial charge in [0.05, 0.1) is 0 Å². The number of rotatable bonds is 3. The summed E-state index contributed by atoms with van der Waals surface area (Å²) in [6.45, 7) is 0. The molecule has 0 aliphatic heterocycles. The Morgan fingerprint density at radius 3 is 2.50 bits per heavy atom. The highest BCUT2D eigenvalue weighted by Gasteiger charge is 1.98. The van der Waals surface area contributed by atoms with Crippen molar-refractivity contribution in [2.24, 2.45) is 0 Å². The van der Waals surface area contributed by atoms with Crippen molar-refractivity contribution in [2.75, 3.05) is 5.32 Å². The van der Waals surface area contributed by atoms with E-state index < -0.39 is 0 Å². The molecular formula is C10H7Cl2N3S. The summed E-state index contributed by atoms with van der Waals surface area (Å²) >= 11 is 5.75. The fourth-order valence-corrected chi connectivity index (χ4v) is 1.80. The Kier molecular flexibility index (Phi) is 3.88. The van der Waals surface area contributed by atoms with Gasteiger partial charge in [0.2, 0.25) is 5.95 Å². The van der Waals surface area contributed by atoms with Gasteiger partial charge >= 0.3 is 0 Å². The first-order valence-electron chi connectivity index (χ1n) is 4.42. The fourth-order valence-electron chi connectivity index (χ4n) is 1.12. The van der Waals surface area contributed by atoms with E-state index in [1.54, 1.807) is 12.3 Å². The predicted octanol–water partition coefficient (Wildman–Crippen LogP) is 4.12. The molecule has 1 aromatic carbocycles. The largest absolute Gasteiger partial charge is 0.324 e. The number of aromatic nitrogens is 2. The van der Waals surface area contributed by atoms with Gasteiger partial charge in [0, 0.05) is 16.8 Å². The van der Waals surface area contributed by atoms with E-state index in [0.29, 0.717) is 11.1 Å². The smallest absolute Gasteiger partial charge is 0.228 e. The van der Waals surface area contributed by atoms with Crippen LogP contribution < -0.4 is 5.32 Å². The van der Waals surface area contributed by atoms with Crippen LogP contribution >= 0.6 is 33.3 Å². The van der Waals surface area contributed by atoms with E-state index in [9.17, 15) is 0 Å². The van der Waals surface area contributed by atoms with Crippen molar-refractivity contribution in [1.29, 1.82) is 0 Å². The third kappa shape index (κ3) is 3.01. The summed E-state index contributed by atoms with van der Waals surface area (Å²) in [5.74, 6) is 0.471. The van der Waals surface area contributed by atoms with Gasteiger partial charge in [-0.15, -0.1) is 0 Å². The van der Waals surface area contributed by atoms with Gasteiger partial charge in [-0.3, -0.25) is 0 Å². The van der Waals surface area contributed by atoms with Gasteiger partial charge in [0.25, 0.3) is 0 Å². The van der Waals surface area contributed by atoms with Crippen molar-refractivity contribution in [2.45, 2.75) is 4.90 Å². The summed E-state index contributed by atoms with van der Waals surface area (Å²) in [4.78, 5) is 9.05. The highest BCUT2D eigenvalue weighted by Crippen LogP contribution is 2.24. The molecule has 82 valence electrons. The zero-order chi connectivity index (χ0) is 11.4. The molecule has 2 rings (SSSR count). The molecule has 6 heteroatoms. The average Bonchev–Trinajstić information content (AvgIpc) is 2.30. The average molecular weight is 272 g/mol. The molecule has 1 heterocycles. The second-order valence-electron chi connectivity index (χ2n) is 2.93. The third-order valence-electron chi connectivity index (χ3n) is 1.82. The Bertz CT molecular complexity index is 476. The highest BCUT2D eigenvalue weighted by atomic mass is 35.7. The molecular weight excluding hydrogens is 265 g/mol. The number of halogens is 2. The van der Waals surface area contributed by atoms with Gasteiger partial charge in [-0.1, -0.05) is 11.6 Å². The number of nitrogens with one attached hydrogen (secondary N) is 1. The first-order chi connectivity index (χ1) is 7.78. The lowest BCUT2D eigenvalue weighted by molar-refractivity contribution is 1.17. The molecule has 16 heavy (non-hydrogen) atoms. The maximum absolute atomic E-state index is 5.75. The highest BCUT2D eigenvalue weighted by molar-refractivity contribution is 8.21. The van der Waals surface area contributed by atoms with Crippen LogP contribution in [0.2, 0.25) is 5.15 Å². The van der Waals surface area contributed by atoms with Gasteiger partial charge in [-0.25, -0.2) is 9.97 Å². The number of hydrogen-bond acceptors (Lipinski definition) is 4. The van der Waals surface area contributed by atoms with Crippen LogP contribution in [0.4, 0.5) is 11.6 Å². The lowest BCUT2D eigenvalue weighted by Gasteiger charge is -2.04. The Labute approximate surface area is 107 Å². The minimum atomic E-state index is 0.408. The van der Waals surface area contributed by atoms with E-state index in [-0.39, 0.29) is 0 Å². The van der Waals surface area contributed by atoms with Crippen LogP contribution in [-0.2, 0) is 0 Å². The van der Waals surface area contributed by atoms with E-state index >= 15 is 0 Å². The van der Waals surface area contributed by atoms with E-state index in [1.165, 1.54) is 11.0 Å². The normalized spacial score (nSPS) is 10.1. The van der Waals surface area contributed by atoms with Crippen molar-refractivity contribution in [3.8, 4) is 0 Å². The summed E-state index contributed by atoms with van der Waals surface area (Å²) < 4.78 is 0. The van der Waals surface area contributed by atoms with E-state index in [1.807, 2.05) is 24.3 Å². The van der Waals surface area contributed by atoms with E-state index in [0.717, 1.165) is 10.6 Å². The van der Waals surface area contributed by atoms with Crippen LogP contribution in [0.1, 0.15) is 0 Å². The van der Waals surface area contributed by atoms with Crippen LogP contribution in [-0.4, -0.2) is 9.97 Å². The van der Waals surface area contributed by atoms with E-state index in [2.05, 4.69) is 15.3 Å². The van der Waals surface area contributed by atoms with Crippen LogP contribution in [0.15, 0.2) is 41.4 Å². The Morgan fingerprint density at radius 1 is 1.12 bits per heavy atom. The summed E-state index contributed by atoms with van der Waals surface area (Å²) in [5.41, 5.74) is 0.886. The Hall–Kier alpha value is -0.970. The van der Waals surface area contributed by atoms with Crippen molar-refractivity contribution in [3.63, 3.8) is 0 Å².